The van der Waals surface area contributed by atoms with Crippen LogP contribution in [0.15, 0.2) is 20.0 Å². The number of amides is 9. The number of rotatable bonds is 46. The van der Waals surface area contributed by atoms with Crippen molar-refractivity contribution >= 4 is 82.8 Å². The van der Waals surface area contributed by atoms with E-state index in [1.807, 2.05) is 0 Å². The number of Topliss-reactive ketones (excluding diaryl/α,β-unsaturated/α-hetero) is 1. The molecule has 1 aliphatic rings. The molecule has 0 radical (unpaired) electrons. The number of aliphatic imine (C=N–C) groups is 4. The molecule has 9 amide bonds. The van der Waals surface area contributed by atoms with E-state index in [0.29, 0.717) is 38.8 Å². The summed E-state index contributed by atoms with van der Waals surface area (Å²) in [6, 6.07) is -9.66. The molecule has 0 bridgehead atoms. The molecule has 1 aliphatic heterocycles. The van der Waals surface area contributed by atoms with Gasteiger partial charge in [-0.05, 0) is 103 Å². The molecule has 1 heterocycles. The molecular formula is C57H108N22O12. The fourth-order valence-electron chi connectivity index (χ4n) is 9.31. The molecule has 0 aromatic rings. The highest BCUT2D eigenvalue weighted by Crippen LogP contribution is 2.13. The van der Waals surface area contributed by atoms with Crippen molar-refractivity contribution in [1.82, 2.24) is 42.5 Å². The minimum atomic E-state index is -1.57. The molecule has 0 aromatic carbocycles. The zero-order valence-electron chi connectivity index (χ0n) is 53.3. The van der Waals surface area contributed by atoms with Gasteiger partial charge >= 0.3 is 0 Å². The summed E-state index contributed by atoms with van der Waals surface area (Å²) in [5, 5.41) is 21.5. The quantitative estimate of drug-likeness (QED) is 0.0155. The Morgan fingerprint density at radius 2 is 0.802 bits per heavy atom. The van der Waals surface area contributed by atoms with Gasteiger partial charge in [0.2, 0.25) is 53.2 Å². The molecule has 34 nitrogen and oxygen atoms in total. The van der Waals surface area contributed by atoms with E-state index in [1.165, 1.54) is 12.8 Å². The Morgan fingerprint density at radius 1 is 0.429 bits per heavy atom. The van der Waals surface area contributed by atoms with Crippen LogP contribution in [-0.4, -0.2) is 191 Å². The summed E-state index contributed by atoms with van der Waals surface area (Å²) in [4.78, 5) is 155. The zero-order chi connectivity index (χ0) is 67.8. The van der Waals surface area contributed by atoms with Crippen LogP contribution in [0.1, 0.15) is 167 Å². The highest BCUT2D eigenvalue weighted by atomic mass is 16.5. The Morgan fingerprint density at radius 3 is 1.19 bits per heavy atom. The van der Waals surface area contributed by atoms with Gasteiger partial charge in [0.1, 0.15) is 54.7 Å². The maximum absolute atomic E-state index is 14.8. The molecule has 28 N–H and O–H groups in total. The minimum absolute atomic E-state index is 0.00202. The van der Waals surface area contributed by atoms with E-state index >= 15 is 0 Å². The first-order valence-corrected chi connectivity index (χ1v) is 31.7. The highest BCUT2D eigenvalue weighted by Gasteiger charge is 2.35. The molecule has 7 atom stereocenters. The maximum atomic E-state index is 14.8. The zero-order valence-corrected chi connectivity index (χ0v) is 53.3. The first-order valence-electron chi connectivity index (χ1n) is 31.7. The summed E-state index contributed by atoms with van der Waals surface area (Å²) in [5.74, 6) is -8.32. The van der Waals surface area contributed by atoms with Crippen LogP contribution in [0.25, 0.3) is 0 Å². The summed E-state index contributed by atoms with van der Waals surface area (Å²) >= 11 is 0. The predicted molar refractivity (Wildman–Crippen MR) is 345 cm³/mol. The highest BCUT2D eigenvalue weighted by molar-refractivity contribution is 5.98. The molecule has 34 heteroatoms. The van der Waals surface area contributed by atoms with Crippen molar-refractivity contribution < 1.29 is 57.4 Å². The van der Waals surface area contributed by atoms with Gasteiger partial charge in [0.05, 0.1) is 13.2 Å². The number of nitrogens with two attached hydrogens (primary N) is 10. The molecule has 1 unspecified atom stereocenters. The molecule has 0 aliphatic carbocycles. The number of ketones is 1. The largest absolute Gasteiger partial charge is 0.379 e. The van der Waals surface area contributed by atoms with Crippen molar-refractivity contribution in [3.05, 3.63) is 0 Å². The van der Waals surface area contributed by atoms with Gasteiger partial charge in [-0.1, -0.05) is 51.9 Å². The number of nitrogens with one attached hydrogen (secondary N) is 8. The molecule has 1 fully saturated rings. The number of nitrogens with zero attached hydrogens (tertiary/aromatic N) is 4. The molecule has 518 valence electrons. The van der Waals surface area contributed by atoms with Gasteiger partial charge in [0.15, 0.2) is 23.8 Å². The number of carbonyl (C=O) groups excluding carboxylic acids is 10. The number of primary amides is 1. The van der Waals surface area contributed by atoms with Gasteiger partial charge in [-0.2, -0.15) is 0 Å². The standard InChI is InChI=1S/C57H108N22O12/c1-2-3-4-5-6-7-8-11-28-68-45(81)26-25-44-53(89)77-41(21-14-31-71-56(64)65)50(86)75-39(19-12-29-69-54(60)61)48(84)74-40(20-13-30-70-55(62)63)49(85)76-42(22-15-32-72-57(66)67)51(87)78-43(52(88)79-44)24-23-37(80)17-16-33-90-34-35-91-36-46(82)73-38(47(59)83)18-9-10-27-58/h38-44H,2-36,58H2,1H3,(H2,59,83)(H,68,81)(H,73,82)(H,74,84)(H,75,86)(H,76,85)(H,77,89)(H,78,87)(H,79,88)(H4,60,61,69)(H4,62,63,70)(H4,64,65,71)(H4,66,67,72)/t38?,39-,40+,41+,42-,43+,44+/m1/s1. The van der Waals surface area contributed by atoms with E-state index in [2.05, 4.69) is 69.4 Å². The monoisotopic (exact) mass is 1290 g/mol. The number of hydrogen-bond acceptors (Lipinski definition) is 17. The second kappa shape index (κ2) is 49.6. The third kappa shape index (κ3) is 41.0. The van der Waals surface area contributed by atoms with Gasteiger partial charge in [-0.3, -0.25) is 67.9 Å². The molecule has 1 rings (SSSR count). The Kier molecular flexibility index (Phi) is 44.1. The van der Waals surface area contributed by atoms with Crippen LogP contribution in [0.4, 0.5) is 0 Å². The van der Waals surface area contributed by atoms with E-state index < -0.39 is 95.5 Å². The second-order valence-electron chi connectivity index (χ2n) is 22.2. The Balaban J connectivity index is 3.77. The first-order chi connectivity index (χ1) is 43.5. The van der Waals surface area contributed by atoms with Gasteiger partial charge in [-0.15, -0.1) is 0 Å². The summed E-state index contributed by atoms with van der Waals surface area (Å²) in [7, 11) is 0. The van der Waals surface area contributed by atoms with Gasteiger partial charge in [0, 0.05) is 58.6 Å². The van der Waals surface area contributed by atoms with Crippen LogP contribution >= 0.6 is 0 Å². The molecule has 1 saturated heterocycles. The van der Waals surface area contributed by atoms with Gasteiger partial charge < -0.3 is 109 Å². The lowest BCUT2D eigenvalue weighted by Gasteiger charge is -2.29. The molecular weight excluding hydrogens is 1180 g/mol. The van der Waals surface area contributed by atoms with E-state index in [9.17, 15) is 47.9 Å². The van der Waals surface area contributed by atoms with Crippen LogP contribution in [0.2, 0.25) is 0 Å². The Bertz CT molecular complexity index is 2350. The summed E-state index contributed by atoms with van der Waals surface area (Å²) in [6.07, 6.45) is 8.90. The van der Waals surface area contributed by atoms with E-state index in [0.717, 1.165) is 32.1 Å². The Hall–Kier alpha value is -8.14. The van der Waals surface area contributed by atoms with Crippen LogP contribution in [-0.2, 0) is 57.4 Å². The average Bonchev–Trinajstić information content (AvgIpc) is 1.48. The first kappa shape index (κ1) is 80.9. The summed E-state index contributed by atoms with van der Waals surface area (Å²) in [6.45, 7) is 2.81. The fraction of sp³-hybridized carbons (Fsp3) is 0.754. The van der Waals surface area contributed by atoms with Crippen LogP contribution in [0.3, 0.4) is 0 Å². The number of guanidine groups is 4. The van der Waals surface area contributed by atoms with Gasteiger partial charge in [-0.25, -0.2) is 0 Å². The lowest BCUT2D eigenvalue weighted by molar-refractivity contribution is -0.137. The lowest BCUT2D eigenvalue weighted by atomic mass is 10.0. The molecule has 91 heavy (non-hydrogen) atoms. The fourth-order valence-corrected chi connectivity index (χ4v) is 9.31. The number of ether oxygens (including phenoxy) is 2. The van der Waals surface area contributed by atoms with E-state index in [4.69, 9.17) is 66.8 Å². The topological polar surface area (TPSA) is 595 Å². The van der Waals surface area contributed by atoms with Crippen molar-refractivity contribution in [2.45, 2.75) is 210 Å². The summed E-state index contributed by atoms with van der Waals surface area (Å²) < 4.78 is 11.0. The molecule has 0 saturated carbocycles. The third-order valence-corrected chi connectivity index (χ3v) is 14.3. The Labute approximate surface area is 533 Å². The van der Waals surface area contributed by atoms with Crippen LogP contribution in [0, 0.1) is 0 Å². The van der Waals surface area contributed by atoms with Crippen LogP contribution < -0.4 is 99.9 Å². The van der Waals surface area contributed by atoms with E-state index in [-0.39, 0.29) is 172 Å². The normalized spacial score (nSPS) is 18.6. The van der Waals surface area contributed by atoms with E-state index in [1.54, 1.807) is 0 Å². The third-order valence-electron chi connectivity index (χ3n) is 14.3. The number of hydrogen-bond donors (Lipinski definition) is 18. The minimum Gasteiger partial charge on any atom is -0.379 e. The SMILES string of the molecule is CCCCCCCCCCNC(=O)CC[C@@H]1NC(=O)[C@H](CCC(=O)CCCOCCOCC(=O)NC(CCCCN)C(N)=O)NC(=O)[C@@H](CCCN=C(N)N)NC(=O)[C@H](CCCN=C(N)N)NC(=O)[C@@H](CCCN=C(N)N)NC(=O)[C@H](CCCN=C(N)N)NC1=O. The number of unbranched alkanes of at least 4 members (excludes halogenated alkanes) is 8. The van der Waals surface area contributed by atoms with Crippen molar-refractivity contribution in [1.29, 1.82) is 0 Å². The average molecular weight is 1290 g/mol. The van der Waals surface area contributed by atoms with Crippen molar-refractivity contribution in [3.8, 4) is 0 Å². The van der Waals surface area contributed by atoms with Crippen molar-refractivity contribution in [2.75, 3.05) is 65.7 Å². The lowest BCUT2D eigenvalue weighted by Crippen LogP contribution is -2.61. The summed E-state index contributed by atoms with van der Waals surface area (Å²) in [5.41, 5.74) is 55.5. The molecule has 0 aromatic heterocycles. The predicted octanol–water partition coefficient (Wildman–Crippen LogP) is -4.58. The van der Waals surface area contributed by atoms with Gasteiger partial charge in [0.25, 0.3) is 0 Å². The second-order valence-corrected chi connectivity index (χ2v) is 22.2. The smallest absolute Gasteiger partial charge is 0.246 e. The van der Waals surface area contributed by atoms with Crippen molar-refractivity contribution in [3.63, 3.8) is 0 Å². The van der Waals surface area contributed by atoms with Crippen LogP contribution in [0.5, 0.6) is 0 Å². The van der Waals surface area contributed by atoms with Crippen molar-refractivity contribution in [2.24, 2.45) is 77.3 Å². The molecule has 0 spiro atoms. The number of carbonyl (C=O) groups is 10. The maximum Gasteiger partial charge on any atom is 0.246 e.